The quantitative estimate of drug-likeness (QED) is 0.905. The third kappa shape index (κ3) is 3.97. The summed E-state index contributed by atoms with van der Waals surface area (Å²) in [6.07, 6.45) is 3.99. The Hall–Kier alpha value is -1.62. The van der Waals surface area contributed by atoms with E-state index in [1.165, 1.54) is 0 Å². The van der Waals surface area contributed by atoms with E-state index in [-0.39, 0.29) is 5.91 Å². The van der Waals surface area contributed by atoms with Crippen LogP contribution in [0.2, 0.25) is 0 Å². The summed E-state index contributed by atoms with van der Waals surface area (Å²) >= 11 is 0. The molecule has 22 heavy (non-hydrogen) atoms. The summed E-state index contributed by atoms with van der Waals surface area (Å²) in [7, 11) is 2.10. The van der Waals surface area contributed by atoms with E-state index in [9.17, 15) is 4.79 Å². The van der Waals surface area contributed by atoms with E-state index >= 15 is 0 Å². The van der Waals surface area contributed by atoms with Crippen LogP contribution >= 0.6 is 0 Å². The molecule has 2 rings (SSSR count). The Labute approximate surface area is 133 Å². The van der Waals surface area contributed by atoms with Crippen molar-refractivity contribution in [3.8, 4) is 0 Å². The SMILES string of the molecule is CCNC(=O)c1ccc(N(C)C2CCN(C(C)C)CC2)nc1. The van der Waals surface area contributed by atoms with Crippen molar-refractivity contribution in [3.05, 3.63) is 23.9 Å². The zero-order chi connectivity index (χ0) is 16.1. The highest BCUT2D eigenvalue weighted by atomic mass is 16.1. The molecule has 2 heterocycles. The zero-order valence-corrected chi connectivity index (χ0v) is 14.2. The van der Waals surface area contributed by atoms with E-state index in [4.69, 9.17) is 0 Å². The maximum atomic E-state index is 11.8. The molecule has 0 unspecified atom stereocenters. The minimum Gasteiger partial charge on any atom is -0.357 e. The zero-order valence-electron chi connectivity index (χ0n) is 14.2. The summed E-state index contributed by atoms with van der Waals surface area (Å²) in [5.41, 5.74) is 0.619. The van der Waals surface area contributed by atoms with E-state index in [2.05, 4.69) is 41.0 Å². The van der Waals surface area contributed by atoms with Gasteiger partial charge in [0.15, 0.2) is 0 Å². The first-order valence-electron chi connectivity index (χ1n) is 8.24. The number of hydrogen-bond acceptors (Lipinski definition) is 4. The Morgan fingerprint density at radius 1 is 1.41 bits per heavy atom. The van der Waals surface area contributed by atoms with Gasteiger partial charge in [-0.3, -0.25) is 4.79 Å². The van der Waals surface area contributed by atoms with Gasteiger partial charge in [0, 0.05) is 45.0 Å². The molecule has 0 saturated carbocycles. The highest BCUT2D eigenvalue weighted by molar-refractivity contribution is 5.93. The number of amides is 1. The molecule has 1 aromatic heterocycles. The highest BCUT2D eigenvalue weighted by Gasteiger charge is 2.24. The van der Waals surface area contributed by atoms with Gasteiger partial charge in [0.25, 0.3) is 5.91 Å². The van der Waals surface area contributed by atoms with Gasteiger partial charge in [-0.15, -0.1) is 0 Å². The molecule has 0 bridgehead atoms. The van der Waals surface area contributed by atoms with Crippen molar-refractivity contribution >= 4 is 11.7 Å². The summed E-state index contributed by atoms with van der Waals surface area (Å²) in [4.78, 5) is 21.0. The van der Waals surface area contributed by atoms with Crippen molar-refractivity contribution in [2.45, 2.75) is 45.7 Å². The second kappa shape index (κ2) is 7.58. The minimum atomic E-state index is -0.0607. The Kier molecular flexibility index (Phi) is 5.77. The molecule has 0 radical (unpaired) electrons. The van der Waals surface area contributed by atoms with E-state index in [0.29, 0.717) is 24.2 Å². The third-order valence-corrected chi connectivity index (χ3v) is 4.49. The van der Waals surface area contributed by atoms with E-state index < -0.39 is 0 Å². The number of nitrogens with zero attached hydrogens (tertiary/aromatic N) is 3. The lowest BCUT2D eigenvalue weighted by molar-refractivity contribution is 0.0955. The van der Waals surface area contributed by atoms with Gasteiger partial charge in [-0.25, -0.2) is 4.98 Å². The standard InChI is InChI=1S/C17H28N4O/c1-5-18-17(22)14-6-7-16(19-12-14)20(4)15-8-10-21(11-9-15)13(2)3/h6-7,12-13,15H,5,8-11H2,1-4H3,(H,18,22). The Morgan fingerprint density at radius 2 is 2.09 bits per heavy atom. The van der Waals surface area contributed by atoms with Gasteiger partial charge in [-0.1, -0.05) is 0 Å². The van der Waals surface area contributed by atoms with Crippen LogP contribution in [0.3, 0.4) is 0 Å². The molecule has 1 fully saturated rings. The fraction of sp³-hybridized carbons (Fsp3) is 0.647. The van der Waals surface area contributed by atoms with Crippen LogP contribution in [-0.2, 0) is 0 Å². The monoisotopic (exact) mass is 304 g/mol. The largest absolute Gasteiger partial charge is 0.357 e. The Morgan fingerprint density at radius 3 is 2.59 bits per heavy atom. The van der Waals surface area contributed by atoms with Crippen molar-refractivity contribution in [1.29, 1.82) is 0 Å². The molecule has 5 heteroatoms. The van der Waals surface area contributed by atoms with Crippen LogP contribution in [0.25, 0.3) is 0 Å². The van der Waals surface area contributed by atoms with Crippen LogP contribution in [0.4, 0.5) is 5.82 Å². The number of rotatable bonds is 5. The fourth-order valence-corrected chi connectivity index (χ4v) is 2.97. The maximum absolute atomic E-state index is 11.8. The van der Waals surface area contributed by atoms with Crippen molar-refractivity contribution in [1.82, 2.24) is 15.2 Å². The summed E-state index contributed by atoms with van der Waals surface area (Å²) in [5.74, 6) is 0.880. The number of likely N-dealkylation sites (tertiary alicyclic amines) is 1. The van der Waals surface area contributed by atoms with Crippen molar-refractivity contribution in [3.63, 3.8) is 0 Å². The number of aromatic nitrogens is 1. The Balaban J connectivity index is 1.95. The fourth-order valence-electron chi connectivity index (χ4n) is 2.97. The van der Waals surface area contributed by atoms with E-state index in [1.807, 2.05) is 19.1 Å². The molecule has 1 amide bonds. The van der Waals surface area contributed by atoms with Gasteiger partial charge in [0.05, 0.1) is 5.56 Å². The minimum absolute atomic E-state index is 0.0607. The molecule has 1 aliphatic rings. The van der Waals surface area contributed by atoms with E-state index in [0.717, 1.165) is 31.7 Å². The van der Waals surface area contributed by atoms with Crippen LogP contribution in [0, 0.1) is 0 Å². The Bertz CT molecular complexity index is 478. The molecule has 0 atom stereocenters. The van der Waals surface area contributed by atoms with Crippen molar-refractivity contribution in [2.75, 3.05) is 31.6 Å². The average molecular weight is 304 g/mol. The highest BCUT2D eigenvalue weighted by Crippen LogP contribution is 2.21. The lowest BCUT2D eigenvalue weighted by Gasteiger charge is -2.39. The smallest absolute Gasteiger partial charge is 0.252 e. The summed E-state index contributed by atoms with van der Waals surface area (Å²) in [6, 6.07) is 4.95. The predicted octanol–water partition coefficient (Wildman–Crippen LogP) is 2.14. The molecule has 1 aromatic rings. The van der Waals surface area contributed by atoms with Crippen LogP contribution in [0.15, 0.2) is 18.3 Å². The molecular weight excluding hydrogens is 276 g/mol. The number of pyridine rings is 1. The molecular formula is C17H28N4O. The lowest BCUT2D eigenvalue weighted by atomic mass is 10.0. The second-order valence-corrected chi connectivity index (χ2v) is 6.24. The number of hydrogen-bond donors (Lipinski definition) is 1. The molecule has 0 aliphatic carbocycles. The summed E-state index contributed by atoms with van der Waals surface area (Å²) in [5, 5.41) is 2.79. The molecule has 1 N–H and O–H groups in total. The first-order chi connectivity index (χ1) is 10.5. The summed E-state index contributed by atoms with van der Waals surface area (Å²) in [6.45, 7) is 9.34. The van der Waals surface area contributed by atoms with Gasteiger partial charge in [-0.05, 0) is 45.7 Å². The maximum Gasteiger partial charge on any atom is 0.252 e. The summed E-state index contributed by atoms with van der Waals surface area (Å²) < 4.78 is 0. The first kappa shape index (κ1) is 16.7. The van der Waals surface area contributed by atoms with Crippen LogP contribution in [0.5, 0.6) is 0 Å². The topological polar surface area (TPSA) is 48.5 Å². The second-order valence-electron chi connectivity index (χ2n) is 6.24. The third-order valence-electron chi connectivity index (χ3n) is 4.49. The van der Waals surface area contributed by atoms with Crippen molar-refractivity contribution in [2.24, 2.45) is 0 Å². The molecule has 0 aromatic carbocycles. The van der Waals surface area contributed by atoms with Gasteiger partial charge >= 0.3 is 0 Å². The van der Waals surface area contributed by atoms with Gasteiger partial charge in [0.1, 0.15) is 5.82 Å². The number of piperidine rings is 1. The van der Waals surface area contributed by atoms with Gasteiger partial charge < -0.3 is 15.1 Å². The molecule has 122 valence electrons. The van der Waals surface area contributed by atoms with Crippen LogP contribution in [-0.4, -0.2) is 54.6 Å². The van der Waals surface area contributed by atoms with E-state index in [1.54, 1.807) is 6.20 Å². The number of nitrogens with one attached hydrogen (secondary N) is 1. The van der Waals surface area contributed by atoms with Gasteiger partial charge in [-0.2, -0.15) is 0 Å². The van der Waals surface area contributed by atoms with Crippen LogP contribution < -0.4 is 10.2 Å². The first-order valence-corrected chi connectivity index (χ1v) is 8.24. The predicted molar refractivity (Wildman–Crippen MR) is 90.4 cm³/mol. The molecule has 5 nitrogen and oxygen atoms in total. The number of anilines is 1. The van der Waals surface area contributed by atoms with Gasteiger partial charge in [0.2, 0.25) is 0 Å². The lowest BCUT2D eigenvalue weighted by Crippen LogP contribution is -2.45. The molecule has 1 aliphatic heterocycles. The van der Waals surface area contributed by atoms with Crippen LogP contribution in [0.1, 0.15) is 44.0 Å². The molecule has 1 saturated heterocycles. The van der Waals surface area contributed by atoms with Crippen molar-refractivity contribution < 1.29 is 4.79 Å². The molecule has 0 spiro atoms. The number of carbonyl (C=O) groups is 1. The number of carbonyl (C=O) groups excluding carboxylic acids is 1. The average Bonchev–Trinajstić information content (AvgIpc) is 2.54. The normalized spacial score (nSPS) is 16.8.